The Hall–Kier alpha value is -1.71. The van der Waals surface area contributed by atoms with Crippen LogP contribution in [0.1, 0.15) is 46.5 Å². The molecule has 21 heavy (non-hydrogen) atoms. The second-order valence-corrected chi connectivity index (χ2v) is 7.34. The molecule has 1 aliphatic heterocycles. The Morgan fingerprint density at radius 3 is 2.48 bits per heavy atom. The lowest BCUT2D eigenvalue weighted by Crippen LogP contribution is -2.50. The Kier molecular flexibility index (Phi) is 2.98. The second kappa shape index (κ2) is 4.39. The van der Waals surface area contributed by atoms with Gasteiger partial charge in [-0.25, -0.2) is 0 Å². The van der Waals surface area contributed by atoms with Crippen molar-refractivity contribution in [2.45, 2.75) is 46.5 Å². The second-order valence-electron chi connectivity index (χ2n) is 7.34. The van der Waals surface area contributed by atoms with E-state index < -0.39 is 5.41 Å². The first kappa shape index (κ1) is 14.2. The van der Waals surface area contributed by atoms with Gasteiger partial charge in [-0.2, -0.15) is 0 Å². The highest BCUT2D eigenvalue weighted by Crippen LogP contribution is 2.49. The van der Waals surface area contributed by atoms with Gasteiger partial charge in [-0.3, -0.25) is 14.4 Å². The minimum Gasteiger partial charge on any atom is -0.388 e. The highest BCUT2D eigenvalue weighted by Gasteiger charge is 2.52. The molecule has 0 amide bonds. The highest BCUT2D eigenvalue weighted by molar-refractivity contribution is 6.16. The van der Waals surface area contributed by atoms with Crippen molar-refractivity contribution >= 4 is 17.3 Å². The van der Waals surface area contributed by atoms with Gasteiger partial charge in [-0.05, 0) is 36.8 Å². The molecule has 0 aromatic carbocycles. The van der Waals surface area contributed by atoms with E-state index in [1.54, 1.807) is 6.92 Å². The molecule has 0 saturated carbocycles. The third-order valence-corrected chi connectivity index (χ3v) is 4.97. The van der Waals surface area contributed by atoms with Gasteiger partial charge in [0.25, 0.3) is 0 Å². The van der Waals surface area contributed by atoms with Gasteiger partial charge in [0.2, 0.25) is 0 Å². The topological polar surface area (TPSA) is 63.2 Å². The van der Waals surface area contributed by atoms with Crippen molar-refractivity contribution in [3.63, 3.8) is 0 Å². The van der Waals surface area contributed by atoms with Crippen molar-refractivity contribution < 1.29 is 14.4 Å². The summed E-state index contributed by atoms with van der Waals surface area (Å²) >= 11 is 0. The first-order chi connectivity index (χ1) is 9.75. The number of carbonyl (C=O) groups excluding carboxylic acids is 3. The Balaban J connectivity index is 2.14. The van der Waals surface area contributed by atoms with Crippen molar-refractivity contribution in [3.05, 3.63) is 22.9 Å². The molecule has 4 nitrogen and oxygen atoms in total. The fraction of sp³-hybridized carbons (Fsp3) is 0.588. The molecule has 3 aliphatic rings. The van der Waals surface area contributed by atoms with E-state index in [2.05, 4.69) is 19.2 Å². The molecule has 2 aliphatic carbocycles. The van der Waals surface area contributed by atoms with Crippen molar-refractivity contribution in [3.8, 4) is 0 Å². The van der Waals surface area contributed by atoms with E-state index in [9.17, 15) is 14.4 Å². The van der Waals surface area contributed by atoms with E-state index >= 15 is 0 Å². The quantitative estimate of drug-likeness (QED) is 0.741. The minimum atomic E-state index is -0.898. The van der Waals surface area contributed by atoms with E-state index in [0.717, 1.165) is 12.1 Å². The maximum Gasteiger partial charge on any atom is 0.167 e. The van der Waals surface area contributed by atoms with Crippen molar-refractivity contribution in [1.29, 1.82) is 0 Å². The molecule has 0 bridgehead atoms. The summed E-state index contributed by atoms with van der Waals surface area (Å²) in [5.41, 5.74) is 1.00. The largest absolute Gasteiger partial charge is 0.388 e. The first-order valence-corrected chi connectivity index (χ1v) is 7.52. The van der Waals surface area contributed by atoms with Crippen molar-refractivity contribution in [2.75, 3.05) is 6.54 Å². The average Bonchev–Trinajstić information content (AvgIpc) is 2.34. The van der Waals surface area contributed by atoms with Gasteiger partial charge in [-0.1, -0.05) is 13.8 Å². The molecule has 0 radical (unpaired) electrons. The molecule has 1 unspecified atom stereocenters. The zero-order chi connectivity index (χ0) is 15.4. The molecule has 112 valence electrons. The molecule has 0 aromatic rings. The molecular weight excluding hydrogens is 266 g/mol. The molecule has 1 heterocycles. The standard InChI is InChI=1S/C17H21NO3/c1-10-6-14(21)17(9-12(10)19)4-5-18-11-7-16(2,3)8-13(20)15(11)17/h6,18H,4-5,7-9H2,1-3H3. The Morgan fingerprint density at radius 2 is 1.76 bits per heavy atom. The van der Waals surface area contributed by atoms with Gasteiger partial charge in [0.15, 0.2) is 17.3 Å². The summed E-state index contributed by atoms with van der Waals surface area (Å²) in [4.78, 5) is 37.5. The number of allylic oxidation sites excluding steroid dienone is 4. The Labute approximate surface area is 124 Å². The summed E-state index contributed by atoms with van der Waals surface area (Å²) in [6.07, 6.45) is 3.33. The summed E-state index contributed by atoms with van der Waals surface area (Å²) in [5, 5.41) is 3.30. The number of hydrogen-bond acceptors (Lipinski definition) is 4. The molecule has 0 fully saturated rings. The molecule has 0 aromatic heterocycles. The van der Waals surface area contributed by atoms with Crippen LogP contribution in [0.2, 0.25) is 0 Å². The van der Waals surface area contributed by atoms with E-state index in [1.165, 1.54) is 6.08 Å². The predicted octanol–water partition coefficient (Wildman–Crippen LogP) is 2.10. The van der Waals surface area contributed by atoms with Crippen LogP contribution in [0.15, 0.2) is 22.9 Å². The van der Waals surface area contributed by atoms with E-state index in [0.29, 0.717) is 30.5 Å². The van der Waals surface area contributed by atoms with Gasteiger partial charge < -0.3 is 5.32 Å². The van der Waals surface area contributed by atoms with Gasteiger partial charge >= 0.3 is 0 Å². The zero-order valence-electron chi connectivity index (χ0n) is 12.8. The van der Waals surface area contributed by atoms with Gasteiger partial charge in [-0.15, -0.1) is 0 Å². The van der Waals surface area contributed by atoms with Crippen LogP contribution in [0.3, 0.4) is 0 Å². The summed E-state index contributed by atoms with van der Waals surface area (Å²) < 4.78 is 0. The number of nitrogens with one attached hydrogen (secondary N) is 1. The third kappa shape index (κ3) is 2.08. The van der Waals surface area contributed by atoms with Crippen LogP contribution >= 0.6 is 0 Å². The van der Waals surface area contributed by atoms with Crippen LogP contribution in [0, 0.1) is 10.8 Å². The molecule has 4 heteroatoms. The number of ketones is 3. The molecular formula is C17H21NO3. The first-order valence-electron chi connectivity index (χ1n) is 7.52. The number of carbonyl (C=O) groups is 3. The molecule has 1 N–H and O–H groups in total. The highest BCUT2D eigenvalue weighted by atomic mass is 16.1. The molecule has 1 spiro atoms. The fourth-order valence-electron chi connectivity index (χ4n) is 3.92. The van der Waals surface area contributed by atoms with Crippen LogP contribution in [0.25, 0.3) is 0 Å². The Morgan fingerprint density at radius 1 is 1.05 bits per heavy atom. The molecule has 1 atom stereocenters. The van der Waals surface area contributed by atoms with Crippen molar-refractivity contribution in [1.82, 2.24) is 5.32 Å². The minimum absolute atomic E-state index is 0.0130. The van der Waals surface area contributed by atoms with Crippen molar-refractivity contribution in [2.24, 2.45) is 10.8 Å². The van der Waals surface area contributed by atoms with Gasteiger partial charge in [0.05, 0.1) is 5.41 Å². The normalized spacial score (nSPS) is 32.0. The smallest absolute Gasteiger partial charge is 0.167 e. The predicted molar refractivity (Wildman–Crippen MR) is 78.5 cm³/mol. The van der Waals surface area contributed by atoms with Crippen LogP contribution in [-0.4, -0.2) is 23.9 Å². The van der Waals surface area contributed by atoms with Crippen LogP contribution in [-0.2, 0) is 14.4 Å². The number of hydrogen-bond donors (Lipinski definition) is 1. The van der Waals surface area contributed by atoms with Crippen LogP contribution in [0.5, 0.6) is 0 Å². The summed E-state index contributed by atoms with van der Waals surface area (Å²) in [6, 6.07) is 0. The van der Waals surface area contributed by atoms with Gasteiger partial charge in [0, 0.05) is 30.7 Å². The average molecular weight is 287 g/mol. The van der Waals surface area contributed by atoms with Crippen LogP contribution < -0.4 is 5.32 Å². The number of rotatable bonds is 0. The lowest BCUT2D eigenvalue weighted by molar-refractivity contribution is -0.132. The lowest BCUT2D eigenvalue weighted by Gasteiger charge is -2.45. The number of Topliss-reactive ketones (excluding diaryl/α,β-unsaturated/α-hetero) is 2. The zero-order valence-corrected chi connectivity index (χ0v) is 12.8. The van der Waals surface area contributed by atoms with Crippen LogP contribution in [0.4, 0.5) is 0 Å². The monoisotopic (exact) mass is 287 g/mol. The van der Waals surface area contributed by atoms with E-state index in [-0.39, 0.29) is 29.2 Å². The molecule has 0 saturated heterocycles. The SMILES string of the molecule is CC1=CC(=O)C2(CCNC3=C2C(=O)CC(C)(C)C3)CC1=O. The maximum atomic E-state index is 12.7. The van der Waals surface area contributed by atoms with E-state index in [1.807, 2.05) is 0 Å². The van der Waals surface area contributed by atoms with Gasteiger partial charge in [0.1, 0.15) is 0 Å². The maximum absolute atomic E-state index is 12.7. The fourth-order valence-corrected chi connectivity index (χ4v) is 3.92. The third-order valence-electron chi connectivity index (χ3n) is 4.97. The summed E-state index contributed by atoms with van der Waals surface area (Å²) in [7, 11) is 0. The summed E-state index contributed by atoms with van der Waals surface area (Å²) in [5.74, 6) is -0.0507. The molecule has 3 rings (SSSR count). The Bertz CT molecular complexity index is 624. The summed E-state index contributed by atoms with van der Waals surface area (Å²) in [6.45, 7) is 6.45. The van der Waals surface area contributed by atoms with E-state index in [4.69, 9.17) is 0 Å². The number of fused-ring (bicyclic) bond motifs is 1. The lowest BCUT2D eigenvalue weighted by atomic mass is 9.59.